The third-order valence-electron chi connectivity index (χ3n) is 4.22. The number of unbranched alkanes of at least 4 members (excludes halogenated alkanes) is 7. The molecule has 0 saturated carbocycles. The van der Waals surface area contributed by atoms with Crippen molar-refractivity contribution in [1.29, 1.82) is 0 Å². The molecule has 4 nitrogen and oxygen atoms in total. The Kier molecular flexibility index (Phi) is 15.3. The Morgan fingerprint density at radius 2 is 0.920 bits per heavy atom. The lowest BCUT2D eigenvalue weighted by molar-refractivity contribution is -0.142. The number of hydrogen-bond donors (Lipinski definition) is 0. The molecule has 25 heavy (non-hydrogen) atoms. The second-order valence-corrected chi connectivity index (χ2v) is 6.37. The van der Waals surface area contributed by atoms with E-state index in [1.54, 1.807) is 13.8 Å². The van der Waals surface area contributed by atoms with E-state index in [4.69, 9.17) is 9.47 Å². The smallest absolute Gasteiger partial charge is 0.334 e. The van der Waals surface area contributed by atoms with Crippen LogP contribution >= 0.6 is 0 Å². The number of carbonyl (C=O) groups excluding carboxylic acids is 2. The molecule has 0 amide bonds. The standard InChI is InChI=1S/C21H38O4/c1-5-9-11-12-13-15-17-19(21(23)25-8-4)18(16-14-10-6-2)20(22)24-7-3/h5-17H2,1-4H3. The van der Waals surface area contributed by atoms with Crippen LogP contribution in [0.3, 0.4) is 0 Å². The van der Waals surface area contributed by atoms with Crippen LogP contribution in [0.25, 0.3) is 0 Å². The lowest BCUT2D eigenvalue weighted by Crippen LogP contribution is -2.17. The van der Waals surface area contributed by atoms with Gasteiger partial charge in [-0.1, -0.05) is 58.8 Å². The van der Waals surface area contributed by atoms with E-state index in [-0.39, 0.29) is 11.9 Å². The van der Waals surface area contributed by atoms with Crippen molar-refractivity contribution in [2.24, 2.45) is 0 Å². The summed E-state index contributed by atoms with van der Waals surface area (Å²) in [5.41, 5.74) is 1.06. The van der Waals surface area contributed by atoms with Crippen LogP contribution in [0.5, 0.6) is 0 Å². The number of rotatable bonds is 15. The van der Waals surface area contributed by atoms with E-state index in [1.807, 2.05) is 0 Å². The predicted molar refractivity (Wildman–Crippen MR) is 102 cm³/mol. The summed E-state index contributed by atoms with van der Waals surface area (Å²) in [6.07, 6.45) is 11.1. The van der Waals surface area contributed by atoms with E-state index in [9.17, 15) is 9.59 Å². The zero-order chi connectivity index (χ0) is 18.9. The zero-order valence-electron chi connectivity index (χ0n) is 16.8. The molecule has 0 bridgehead atoms. The van der Waals surface area contributed by atoms with Gasteiger partial charge in [-0.15, -0.1) is 0 Å². The molecule has 0 aromatic heterocycles. The summed E-state index contributed by atoms with van der Waals surface area (Å²) in [4.78, 5) is 24.8. The van der Waals surface area contributed by atoms with Gasteiger partial charge in [-0.3, -0.25) is 0 Å². The first-order valence-corrected chi connectivity index (χ1v) is 10.2. The van der Waals surface area contributed by atoms with E-state index >= 15 is 0 Å². The number of carbonyl (C=O) groups is 2. The summed E-state index contributed by atoms with van der Waals surface area (Å²) >= 11 is 0. The van der Waals surface area contributed by atoms with Gasteiger partial charge < -0.3 is 9.47 Å². The van der Waals surface area contributed by atoms with E-state index in [2.05, 4.69) is 13.8 Å². The molecular formula is C21H38O4. The molecule has 0 rings (SSSR count). The van der Waals surface area contributed by atoms with Crippen LogP contribution in [0.4, 0.5) is 0 Å². The molecule has 0 aromatic carbocycles. The first-order valence-electron chi connectivity index (χ1n) is 10.2. The Morgan fingerprint density at radius 1 is 0.560 bits per heavy atom. The van der Waals surface area contributed by atoms with Gasteiger partial charge in [0.25, 0.3) is 0 Å². The summed E-state index contributed by atoms with van der Waals surface area (Å²) in [5.74, 6) is -0.705. The highest BCUT2D eigenvalue weighted by Crippen LogP contribution is 2.22. The molecular weight excluding hydrogens is 316 g/mol. The van der Waals surface area contributed by atoms with Crippen molar-refractivity contribution in [3.63, 3.8) is 0 Å². The van der Waals surface area contributed by atoms with Crippen LogP contribution in [0, 0.1) is 0 Å². The van der Waals surface area contributed by atoms with Gasteiger partial charge >= 0.3 is 11.9 Å². The summed E-state index contributed by atoms with van der Waals surface area (Å²) in [6.45, 7) is 8.55. The van der Waals surface area contributed by atoms with E-state index in [0.717, 1.165) is 32.1 Å². The Balaban J connectivity index is 5.08. The summed E-state index contributed by atoms with van der Waals surface area (Å²) < 4.78 is 10.4. The molecule has 146 valence electrons. The first-order chi connectivity index (χ1) is 12.1. The molecule has 0 N–H and O–H groups in total. The molecule has 0 aromatic rings. The lowest BCUT2D eigenvalue weighted by atomic mass is 9.96. The van der Waals surface area contributed by atoms with Gasteiger partial charge in [0.1, 0.15) is 0 Å². The third kappa shape index (κ3) is 11.0. The normalized spacial score (nSPS) is 11.8. The average Bonchev–Trinajstić information content (AvgIpc) is 2.59. The minimum absolute atomic E-state index is 0.323. The van der Waals surface area contributed by atoms with Gasteiger partial charge in [0, 0.05) is 11.1 Å². The van der Waals surface area contributed by atoms with Crippen LogP contribution in [0.15, 0.2) is 11.1 Å². The fourth-order valence-electron chi connectivity index (χ4n) is 2.82. The minimum atomic E-state index is -0.354. The Hall–Kier alpha value is -1.32. The molecule has 0 unspecified atom stereocenters. The highest BCUT2D eigenvalue weighted by atomic mass is 16.5. The highest BCUT2D eigenvalue weighted by molar-refractivity contribution is 6.00. The van der Waals surface area contributed by atoms with Crippen LogP contribution in [0.2, 0.25) is 0 Å². The number of ether oxygens (including phenoxy) is 2. The number of hydrogen-bond acceptors (Lipinski definition) is 4. The van der Waals surface area contributed by atoms with Crippen LogP contribution < -0.4 is 0 Å². The van der Waals surface area contributed by atoms with Gasteiger partial charge in [0.05, 0.1) is 13.2 Å². The van der Waals surface area contributed by atoms with E-state index < -0.39 is 0 Å². The Labute approximate surface area is 154 Å². The number of esters is 2. The second kappa shape index (κ2) is 16.2. The fraction of sp³-hybridized carbons (Fsp3) is 0.810. The maximum absolute atomic E-state index is 12.4. The van der Waals surface area contributed by atoms with Crippen molar-refractivity contribution in [1.82, 2.24) is 0 Å². The molecule has 0 heterocycles. The first kappa shape index (κ1) is 23.7. The van der Waals surface area contributed by atoms with Crippen LogP contribution in [0.1, 0.15) is 98.3 Å². The highest BCUT2D eigenvalue weighted by Gasteiger charge is 2.22. The summed E-state index contributed by atoms with van der Waals surface area (Å²) in [5, 5.41) is 0. The molecule has 0 atom stereocenters. The van der Waals surface area contributed by atoms with Crippen molar-refractivity contribution in [2.75, 3.05) is 13.2 Å². The third-order valence-corrected chi connectivity index (χ3v) is 4.22. The van der Waals surface area contributed by atoms with Crippen molar-refractivity contribution in [2.45, 2.75) is 98.3 Å². The van der Waals surface area contributed by atoms with Crippen LogP contribution in [-0.2, 0) is 19.1 Å². The van der Waals surface area contributed by atoms with Gasteiger partial charge in [-0.25, -0.2) is 9.59 Å². The molecule has 0 saturated heterocycles. The largest absolute Gasteiger partial charge is 0.463 e. The zero-order valence-corrected chi connectivity index (χ0v) is 16.8. The topological polar surface area (TPSA) is 52.6 Å². The van der Waals surface area contributed by atoms with Crippen molar-refractivity contribution in [3.05, 3.63) is 11.1 Å². The molecule has 4 heteroatoms. The van der Waals surface area contributed by atoms with Crippen LogP contribution in [-0.4, -0.2) is 25.2 Å². The van der Waals surface area contributed by atoms with E-state index in [1.165, 1.54) is 25.7 Å². The molecule has 0 radical (unpaired) electrons. The Bertz CT molecular complexity index is 399. The van der Waals surface area contributed by atoms with Crippen molar-refractivity contribution in [3.8, 4) is 0 Å². The lowest BCUT2D eigenvalue weighted by Gasteiger charge is -2.14. The molecule has 0 aliphatic carbocycles. The summed E-state index contributed by atoms with van der Waals surface area (Å²) in [6, 6.07) is 0. The van der Waals surface area contributed by atoms with Gasteiger partial charge in [-0.2, -0.15) is 0 Å². The molecule has 0 aliphatic heterocycles. The van der Waals surface area contributed by atoms with Gasteiger partial charge in [0.15, 0.2) is 0 Å². The molecule has 0 aliphatic rings. The second-order valence-electron chi connectivity index (χ2n) is 6.37. The van der Waals surface area contributed by atoms with Crippen molar-refractivity contribution < 1.29 is 19.1 Å². The maximum Gasteiger partial charge on any atom is 0.334 e. The average molecular weight is 355 g/mol. The molecule has 0 spiro atoms. The van der Waals surface area contributed by atoms with Gasteiger partial charge in [-0.05, 0) is 39.5 Å². The summed E-state index contributed by atoms with van der Waals surface area (Å²) in [7, 11) is 0. The minimum Gasteiger partial charge on any atom is -0.463 e. The van der Waals surface area contributed by atoms with E-state index in [0.29, 0.717) is 37.2 Å². The predicted octanol–water partition coefficient (Wildman–Crippen LogP) is 5.74. The quantitative estimate of drug-likeness (QED) is 0.214. The monoisotopic (exact) mass is 354 g/mol. The fourth-order valence-corrected chi connectivity index (χ4v) is 2.82. The maximum atomic E-state index is 12.4. The molecule has 0 fully saturated rings. The van der Waals surface area contributed by atoms with Gasteiger partial charge in [0.2, 0.25) is 0 Å². The Morgan fingerprint density at radius 3 is 1.36 bits per heavy atom. The van der Waals surface area contributed by atoms with Crippen molar-refractivity contribution >= 4 is 11.9 Å². The SMILES string of the molecule is CCCCCCCCC(C(=O)OCC)=C(CCCCC)C(=O)OCC.